The van der Waals surface area contributed by atoms with E-state index in [-0.39, 0.29) is 37.0 Å². The topological polar surface area (TPSA) is 52.7 Å². The first-order chi connectivity index (χ1) is 15.9. The zero-order valence-electron chi connectivity index (χ0n) is 17.6. The van der Waals surface area contributed by atoms with Gasteiger partial charge >= 0.3 is 6.03 Å². The van der Waals surface area contributed by atoms with Crippen LogP contribution in [0.3, 0.4) is 0 Å². The quantitative estimate of drug-likeness (QED) is 0.422. The van der Waals surface area contributed by atoms with E-state index in [0.29, 0.717) is 6.54 Å². The van der Waals surface area contributed by atoms with Gasteiger partial charge in [-0.05, 0) is 41.3 Å². The Kier molecular flexibility index (Phi) is 8.26. The smallest absolute Gasteiger partial charge is 0.322 e. The number of halogens is 3. The molecule has 3 aromatic rings. The molecule has 0 aliphatic rings. The second-order valence-corrected chi connectivity index (χ2v) is 8.22. The largest absolute Gasteiger partial charge is 0.332 e. The van der Waals surface area contributed by atoms with Crippen molar-refractivity contribution in [3.05, 3.63) is 101 Å². The number of hydrogen-bond acceptors (Lipinski definition) is 3. The summed E-state index contributed by atoms with van der Waals surface area (Å²) in [5.41, 5.74) is 0.796. The third kappa shape index (κ3) is 6.95. The van der Waals surface area contributed by atoms with E-state index < -0.39 is 17.7 Å². The van der Waals surface area contributed by atoms with Gasteiger partial charge in [0, 0.05) is 29.7 Å². The number of benzene rings is 2. The van der Waals surface area contributed by atoms with Crippen LogP contribution < -0.4 is 5.32 Å². The number of rotatable bonds is 9. The van der Waals surface area contributed by atoms with Gasteiger partial charge in [-0.2, -0.15) is 0 Å². The minimum Gasteiger partial charge on any atom is -0.332 e. The fourth-order valence-electron chi connectivity index (χ4n) is 3.05. The maximum absolute atomic E-state index is 13.5. The maximum Gasteiger partial charge on any atom is 0.322 e. The van der Waals surface area contributed by atoms with E-state index in [9.17, 15) is 22.8 Å². The average Bonchev–Trinajstić information content (AvgIpc) is 3.30. The molecule has 0 saturated heterocycles. The number of hydrogen-bond donors (Lipinski definition) is 1. The van der Waals surface area contributed by atoms with Gasteiger partial charge in [0.05, 0.1) is 6.54 Å². The minimum atomic E-state index is -1.10. The van der Waals surface area contributed by atoms with Crippen LogP contribution in [0.4, 0.5) is 23.7 Å². The van der Waals surface area contributed by atoms with Crippen LogP contribution in [0.1, 0.15) is 10.4 Å². The molecule has 172 valence electrons. The molecule has 9 heteroatoms. The van der Waals surface area contributed by atoms with Crippen molar-refractivity contribution in [3.63, 3.8) is 0 Å². The summed E-state index contributed by atoms with van der Waals surface area (Å²) in [5, 5.41) is 4.36. The number of nitrogens with zero attached hydrogens (tertiary/aromatic N) is 2. The van der Waals surface area contributed by atoms with E-state index in [0.717, 1.165) is 22.6 Å². The fraction of sp³-hybridized carbons (Fsp3) is 0.167. The monoisotopic (exact) mass is 473 g/mol. The number of nitrogens with one attached hydrogen (secondary N) is 1. The predicted octanol–water partition coefficient (Wildman–Crippen LogP) is 5.41. The summed E-state index contributed by atoms with van der Waals surface area (Å²) in [4.78, 5) is 29.6. The van der Waals surface area contributed by atoms with Crippen molar-refractivity contribution in [2.45, 2.75) is 13.1 Å². The molecule has 5 nitrogen and oxygen atoms in total. The van der Waals surface area contributed by atoms with Crippen LogP contribution in [0.15, 0.2) is 72.6 Å². The van der Waals surface area contributed by atoms with E-state index in [1.807, 2.05) is 17.5 Å². The Bertz CT molecular complexity index is 1100. The van der Waals surface area contributed by atoms with Crippen LogP contribution in [0.2, 0.25) is 0 Å². The van der Waals surface area contributed by atoms with Crippen LogP contribution in [0, 0.1) is 17.5 Å². The van der Waals surface area contributed by atoms with Crippen LogP contribution in [0.25, 0.3) is 0 Å². The second-order valence-electron chi connectivity index (χ2n) is 7.18. The van der Waals surface area contributed by atoms with Crippen molar-refractivity contribution in [3.8, 4) is 0 Å². The molecule has 0 spiro atoms. The Balaban J connectivity index is 1.74. The Morgan fingerprint density at radius 2 is 1.73 bits per heavy atom. The van der Waals surface area contributed by atoms with E-state index in [1.54, 1.807) is 17.0 Å². The number of carbonyl (C=O) groups is 2. The lowest BCUT2D eigenvalue weighted by molar-refractivity contribution is -0.132. The first-order valence-electron chi connectivity index (χ1n) is 10.0. The molecule has 1 N–H and O–H groups in total. The molecule has 1 heterocycles. The molecule has 0 unspecified atom stereocenters. The van der Waals surface area contributed by atoms with Gasteiger partial charge in [-0.15, -0.1) is 17.9 Å². The number of amides is 3. The Hall–Kier alpha value is -3.59. The molecule has 33 heavy (non-hydrogen) atoms. The molecular weight excluding hydrogens is 451 g/mol. The van der Waals surface area contributed by atoms with Crippen LogP contribution >= 0.6 is 11.3 Å². The van der Waals surface area contributed by atoms with Crippen molar-refractivity contribution in [1.29, 1.82) is 0 Å². The summed E-state index contributed by atoms with van der Waals surface area (Å²) in [6, 6.07) is 11.9. The number of carbonyl (C=O) groups excluding carboxylic acids is 2. The van der Waals surface area contributed by atoms with E-state index in [1.165, 1.54) is 40.5 Å². The first kappa shape index (κ1) is 24.1. The maximum atomic E-state index is 13.5. The fourth-order valence-corrected chi connectivity index (χ4v) is 3.77. The first-order valence-corrected chi connectivity index (χ1v) is 10.9. The molecule has 3 amide bonds. The van der Waals surface area contributed by atoms with Crippen molar-refractivity contribution in [2.24, 2.45) is 0 Å². The summed E-state index contributed by atoms with van der Waals surface area (Å²) in [6.45, 7) is 3.95. The van der Waals surface area contributed by atoms with Gasteiger partial charge in [-0.1, -0.05) is 24.3 Å². The standard InChI is InChI=1S/C24H22F3N3O2S/c1-2-11-29(24(32)28-19-9-10-21(26)22(27)13-19)16-23(31)30(15-20-4-3-12-33-20)14-17-5-7-18(25)8-6-17/h2-10,12-13H,1,11,14-16H2,(H,28,32). The third-order valence-corrected chi connectivity index (χ3v) is 5.56. The number of thiophene rings is 1. The molecule has 0 fully saturated rings. The van der Waals surface area contributed by atoms with E-state index in [4.69, 9.17) is 0 Å². The van der Waals surface area contributed by atoms with Crippen LogP contribution in [0.5, 0.6) is 0 Å². The van der Waals surface area contributed by atoms with Gasteiger partial charge < -0.3 is 15.1 Å². The molecule has 3 rings (SSSR count). The van der Waals surface area contributed by atoms with Gasteiger partial charge in [-0.25, -0.2) is 18.0 Å². The summed E-state index contributed by atoms with van der Waals surface area (Å²) < 4.78 is 39.9. The van der Waals surface area contributed by atoms with Gasteiger partial charge in [0.15, 0.2) is 11.6 Å². The van der Waals surface area contributed by atoms with Crippen LogP contribution in [-0.4, -0.2) is 34.8 Å². The number of urea groups is 1. The molecule has 0 aliphatic carbocycles. The second kappa shape index (κ2) is 11.3. The van der Waals surface area contributed by atoms with Crippen LogP contribution in [-0.2, 0) is 17.9 Å². The molecule has 0 radical (unpaired) electrons. The predicted molar refractivity (Wildman–Crippen MR) is 122 cm³/mol. The van der Waals surface area contributed by atoms with Gasteiger partial charge in [-0.3, -0.25) is 4.79 Å². The zero-order chi connectivity index (χ0) is 23.8. The molecule has 0 aliphatic heterocycles. The highest BCUT2D eigenvalue weighted by Crippen LogP contribution is 2.17. The van der Waals surface area contributed by atoms with Crippen molar-refractivity contribution in [1.82, 2.24) is 9.80 Å². The summed E-state index contributed by atoms with van der Waals surface area (Å²) in [7, 11) is 0. The molecule has 1 aromatic heterocycles. The Labute approximate surface area is 193 Å². The van der Waals surface area contributed by atoms with Gasteiger partial charge in [0.2, 0.25) is 5.91 Å². The highest BCUT2D eigenvalue weighted by Gasteiger charge is 2.22. The average molecular weight is 474 g/mol. The van der Waals surface area contributed by atoms with E-state index >= 15 is 0 Å². The van der Waals surface area contributed by atoms with Gasteiger partial charge in [0.25, 0.3) is 0 Å². The summed E-state index contributed by atoms with van der Waals surface area (Å²) in [6.07, 6.45) is 1.46. The summed E-state index contributed by atoms with van der Waals surface area (Å²) >= 11 is 1.49. The van der Waals surface area contributed by atoms with Crippen molar-refractivity contribution < 1.29 is 22.8 Å². The van der Waals surface area contributed by atoms with Crippen molar-refractivity contribution in [2.75, 3.05) is 18.4 Å². The van der Waals surface area contributed by atoms with E-state index in [2.05, 4.69) is 11.9 Å². The molecule has 0 bridgehead atoms. The molecular formula is C24H22F3N3O2S. The summed E-state index contributed by atoms with van der Waals surface area (Å²) in [5.74, 6) is -2.84. The number of anilines is 1. The molecule has 0 saturated carbocycles. The normalized spacial score (nSPS) is 10.5. The SMILES string of the molecule is C=CCN(CC(=O)N(Cc1ccc(F)cc1)Cc1cccs1)C(=O)Nc1ccc(F)c(F)c1. The zero-order valence-corrected chi connectivity index (χ0v) is 18.5. The molecule has 2 aromatic carbocycles. The molecule has 0 atom stereocenters. The van der Waals surface area contributed by atoms with Crippen molar-refractivity contribution >= 4 is 29.0 Å². The third-order valence-electron chi connectivity index (χ3n) is 4.70. The lowest BCUT2D eigenvalue weighted by atomic mass is 10.2. The highest BCUT2D eigenvalue weighted by atomic mass is 32.1. The Morgan fingerprint density at radius 3 is 2.36 bits per heavy atom. The highest BCUT2D eigenvalue weighted by molar-refractivity contribution is 7.09. The Morgan fingerprint density at radius 1 is 0.970 bits per heavy atom. The lowest BCUT2D eigenvalue weighted by Gasteiger charge is -2.27. The minimum absolute atomic E-state index is 0.0576. The van der Waals surface area contributed by atoms with Gasteiger partial charge in [0.1, 0.15) is 12.4 Å². The lowest BCUT2D eigenvalue weighted by Crippen LogP contribution is -2.44.